The van der Waals surface area contributed by atoms with Gasteiger partial charge >= 0.3 is 0 Å². The molecule has 0 saturated heterocycles. The van der Waals surface area contributed by atoms with Gasteiger partial charge in [-0.25, -0.2) is 9.37 Å². The van der Waals surface area contributed by atoms with E-state index in [-0.39, 0.29) is 6.61 Å². The van der Waals surface area contributed by atoms with Crippen LogP contribution < -0.4 is 10.3 Å². The van der Waals surface area contributed by atoms with Gasteiger partial charge < -0.3 is 14.2 Å². The van der Waals surface area contributed by atoms with E-state index in [1.54, 1.807) is 6.07 Å². The second-order valence-electron chi connectivity index (χ2n) is 3.38. The largest absolute Gasteiger partial charge is 0.475 e. The summed E-state index contributed by atoms with van der Waals surface area (Å²) in [6.45, 7) is 1.45. The average molecular weight is 241 g/mol. The molecule has 0 spiro atoms. The molecule has 1 heterocycles. The highest BCUT2D eigenvalue weighted by molar-refractivity contribution is 6.30. The Hall–Kier alpha value is -1.14. The Morgan fingerprint density at radius 3 is 2.47 bits per heavy atom. The number of nitrogens with zero attached hydrogens (tertiary/aromatic N) is 1. The van der Waals surface area contributed by atoms with Gasteiger partial charge in [0, 0.05) is 6.07 Å². The van der Waals surface area contributed by atoms with E-state index in [0.29, 0.717) is 32.3 Å². The van der Waals surface area contributed by atoms with Crippen LogP contribution in [0.2, 0.25) is 0 Å². The summed E-state index contributed by atoms with van der Waals surface area (Å²) in [5.74, 6) is 0.599. The standard InChI is InChI=1S/C11H17BFNO3/c12-10-2-1-3-11(14-10)17-9-8-16-7-6-15-5-4-13/h1-3H,4-9,12H2. The van der Waals surface area contributed by atoms with Crippen LogP contribution in [0.25, 0.3) is 0 Å². The lowest BCUT2D eigenvalue weighted by molar-refractivity contribution is 0.0320. The molecule has 94 valence electrons. The van der Waals surface area contributed by atoms with Crippen molar-refractivity contribution in [2.24, 2.45) is 0 Å². The molecular weight excluding hydrogens is 224 g/mol. The van der Waals surface area contributed by atoms with E-state index in [2.05, 4.69) is 4.98 Å². The highest BCUT2D eigenvalue weighted by atomic mass is 19.1. The molecule has 6 heteroatoms. The average Bonchev–Trinajstić information content (AvgIpc) is 2.33. The number of hydrogen-bond donors (Lipinski definition) is 0. The number of pyridine rings is 1. The number of halogens is 1. The van der Waals surface area contributed by atoms with Crippen molar-refractivity contribution in [2.75, 3.05) is 39.7 Å². The molecule has 0 radical (unpaired) electrons. The maximum Gasteiger partial charge on any atom is 0.212 e. The zero-order chi connectivity index (χ0) is 12.3. The van der Waals surface area contributed by atoms with Gasteiger partial charge in [-0.2, -0.15) is 0 Å². The second kappa shape index (κ2) is 8.95. The van der Waals surface area contributed by atoms with Crippen molar-refractivity contribution in [1.29, 1.82) is 0 Å². The highest BCUT2D eigenvalue weighted by Gasteiger charge is 1.95. The second-order valence-corrected chi connectivity index (χ2v) is 3.38. The fourth-order valence-electron chi connectivity index (χ4n) is 1.18. The summed E-state index contributed by atoms with van der Waals surface area (Å²) in [6, 6.07) is 5.60. The van der Waals surface area contributed by atoms with Gasteiger partial charge in [0.15, 0.2) is 7.85 Å². The van der Waals surface area contributed by atoms with E-state index in [1.807, 2.05) is 20.0 Å². The van der Waals surface area contributed by atoms with Crippen molar-refractivity contribution in [1.82, 2.24) is 4.98 Å². The van der Waals surface area contributed by atoms with E-state index in [1.165, 1.54) is 0 Å². The fraction of sp³-hybridized carbons (Fsp3) is 0.545. The lowest BCUT2D eigenvalue weighted by Gasteiger charge is -2.07. The number of rotatable bonds is 9. The summed E-state index contributed by atoms with van der Waals surface area (Å²) in [5, 5.41) is 0. The highest BCUT2D eigenvalue weighted by Crippen LogP contribution is 2.00. The summed E-state index contributed by atoms with van der Waals surface area (Å²) in [7, 11) is 1.91. The van der Waals surface area contributed by atoms with Gasteiger partial charge in [0.25, 0.3) is 0 Å². The first-order valence-electron chi connectivity index (χ1n) is 5.61. The molecule has 0 N–H and O–H groups in total. The van der Waals surface area contributed by atoms with Crippen LogP contribution in [0.15, 0.2) is 18.2 Å². The topological polar surface area (TPSA) is 40.6 Å². The SMILES string of the molecule is Bc1cccc(OCCOCCOCCF)n1. The Bertz CT molecular complexity index is 315. The molecule has 17 heavy (non-hydrogen) atoms. The molecule has 4 nitrogen and oxygen atoms in total. The van der Waals surface area contributed by atoms with E-state index in [9.17, 15) is 4.39 Å². The van der Waals surface area contributed by atoms with Gasteiger partial charge in [0.1, 0.15) is 13.3 Å². The zero-order valence-electron chi connectivity index (χ0n) is 10.0. The Labute approximate surface area is 101 Å². The van der Waals surface area contributed by atoms with Crippen LogP contribution in [0.5, 0.6) is 5.88 Å². The van der Waals surface area contributed by atoms with Crippen molar-refractivity contribution in [3.8, 4) is 5.88 Å². The number of hydrogen-bond acceptors (Lipinski definition) is 4. The monoisotopic (exact) mass is 241 g/mol. The predicted molar refractivity (Wildman–Crippen MR) is 65.5 cm³/mol. The third-order valence-corrected chi connectivity index (χ3v) is 1.93. The summed E-state index contributed by atoms with van der Waals surface area (Å²) >= 11 is 0. The molecule has 1 rings (SSSR count). The van der Waals surface area contributed by atoms with Crippen LogP contribution in [0.4, 0.5) is 4.39 Å². The first-order chi connectivity index (χ1) is 8.33. The van der Waals surface area contributed by atoms with Crippen LogP contribution in [0, 0.1) is 0 Å². The summed E-state index contributed by atoms with van der Waals surface area (Å²) in [4.78, 5) is 4.19. The summed E-state index contributed by atoms with van der Waals surface area (Å²) in [5.41, 5.74) is 0.919. The van der Waals surface area contributed by atoms with Crippen molar-refractivity contribution >= 4 is 13.4 Å². The first kappa shape index (κ1) is 13.9. The summed E-state index contributed by atoms with van der Waals surface area (Å²) < 4.78 is 27.2. The molecule has 0 aromatic carbocycles. The Balaban J connectivity index is 1.97. The lowest BCUT2D eigenvalue weighted by atomic mass is 10.0. The minimum absolute atomic E-state index is 0.132. The van der Waals surface area contributed by atoms with Crippen molar-refractivity contribution < 1.29 is 18.6 Å². The molecule has 0 bridgehead atoms. The van der Waals surface area contributed by atoms with E-state index >= 15 is 0 Å². The van der Waals surface area contributed by atoms with Crippen LogP contribution >= 0.6 is 0 Å². The van der Waals surface area contributed by atoms with Crippen LogP contribution in [0.1, 0.15) is 0 Å². The van der Waals surface area contributed by atoms with E-state index in [4.69, 9.17) is 14.2 Å². The van der Waals surface area contributed by atoms with Crippen LogP contribution in [0.3, 0.4) is 0 Å². The molecule has 0 aliphatic heterocycles. The molecule has 0 atom stereocenters. The number of ether oxygens (including phenoxy) is 3. The van der Waals surface area contributed by atoms with E-state index < -0.39 is 6.67 Å². The molecular formula is C11H17BFNO3. The molecule has 1 aromatic rings. The predicted octanol–water partition coefficient (Wildman–Crippen LogP) is -0.279. The van der Waals surface area contributed by atoms with Crippen molar-refractivity contribution in [3.63, 3.8) is 0 Å². The minimum atomic E-state index is -0.456. The minimum Gasteiger partial charge on any atom is -0.475 e. The molecule has 0 saturated carbocycles. The zero-order valence-corrected chi connectivity index (χ0v) is 10.0. The third-order valence-electron chi connectivity index (χ3n) is 1.93. The smallest absolute Gasteiger partial charge is 0.212 e. The Morgan fingerprint density at radius 1 is 1.06 bits per heavy atom. The van der Waals surface area contributed by atoms with Crippen LogP contribution in [-0.2, 0) is 9.47 Å². The normalized spacial score (nSPS) is 10.4. The summed E-state index contributed by atoms with van der Waals surface area (Å²) in [6.07, 6.45) is 0. The first-order valence-corrected chi connectivity index (χ1v) is 5.61. The molecule has 0 fully saturated rings. The quantitative estimate of drug-likeness (QED) is 0.440. The lowest BCUT2D eigenvalue weighted by Crippen LogP contribution is -2.14. The van der Waals surface area contributed by atoms with Gasteiger partial charge in [0.2, 0.25) is 5.88 Å². The maximum atomic E-state index is 11.7. The van der Waals surface area contributed by atoms with Gasteiger partial charge in [-0.3, -0.25) is 0 Å². The van der Waals surface area contributed by atoms with Crippen LogP contribution in [-0.4, -0.2) is 52.5 Å². The van der Waals surface area contributed by atoms with Crippen molar-refractivity contribution in [3.05, 3.63) is 18.2 Å². The Kier molecular flexibility index (Phi) is 7.34. The molecule has 1 aromatic heterocycles. The molecule has 0 aliphatic rings. The third kappa shape index (κ3) is 6.91. The fourth-order valence-corrected chi connectivity index (χ4v) is 1.18. The number of alkyl halides is 1. The van der Waals surface area contributed by atoms with Gasteiger partial charge in [-0.1, -0.05) is 12.1 Å². The van der Waals surface area contributed by atoms with Gasteiger partial charge in [-0.05, 0) is 5.59 Å². The van der Waals surface area contributed by atoms with Gasteiger partial charge in [0.05, 0.1) is 26.4 Å². The van der Waals surface area contributed by atoms with E-state index in [0.717, 1.165) is 5.59 Å². The molecule has 0 amide bonds. The molecule has 0 unspecified atom stereocenters. The van der Waals surface area contributed by atoms with Crippen molar-refractivity contribution in [2.45, 2.75) is 0 Å². The number of aromatic nitrogens is 1. The van der Waals surface area contributed by atoms with Gasteiger partial charge in [-0.15, -0.1) is 0 Å². The Morgan fingerprint density at radius 2 is 1.76 bits per heavy atom. The molecule has 0 aliphatic carbocycles. The maximum absolute atomic E-state index is 11.7.